The number of aromatic nitrogens is 4. The third kappa shape index (κ3) is 6.82. The van der Waals surface area contributed by atoms with Crippen LogP contribution in [0.3, 0.4) is 0 Å². The van der Waals surface area contributed by atoms with Crippen LogP contribution in [-0.2, 0) is 26.8 Å². The summed E-state index contributed by atoms with van der Waals surface area (Å²) in [5, 5.41) is 23.2. The lowest BCUT2D eigenvalue weighted by Crippen LogP contribution is -2.67. The van der Waals surface area contributed by atoms with E-state index in [1.54, 1.807) is 34.8 Å². The van der Waals surface area contributed by atoms with Gasteiger partial charge in [-0.25, -0.2) is 23.7 Å². The molecule has 2 saturated carbocycles. The van der Waals surface area contributed by atoms with E-state index in [1.807, 2.05) is 6.07 Å². The normalized spacial score (nSPS) is 24.2. The lowest BCUT2D eigenvalue weighted by atomic mass is 9.57. The van der Waals surface area contributed by atoms with Crippen LogP contribution < -0.4 is 30.6 Å². The predicted molar refractivity (Wildman–Crippen MR) is 236 cm³/mol. The topological polar surface area (TPSA) is 214 Å². The van der Waals surface area contributed by atoms with Crippen LogP contribution in [0.2, 0.25) is 0 Å². The second-order valence-electron chi connectivity index (χ2n) is 19.1. The number of fused-ring (bicyclic) bond motifs is 2. The minimum atomic E-state index is -4.15. The van der Waals surface area contributed by atoms with Crippen molar-refractivity contribution in [3.05, 3.63) is 81.9 Å². The van der Waals surface area contributed by atoms with Gasteiger partial charge in [-0.05, 0) is 99.0 Å². The van der Waals surface area contributed by atoms with Gasteiger partial charge in [0.25, 0.3) is 15.8 Å². The van der Waals surface area contributed by atoms with Crippen LogP contribution in [-0.4, -0.2) is 107 Å². The van der Waals surface area contributed by atoms with Gasteiger partial charge >= 0.3 is 6.03 Å². The van der Waals surface area contributed by atoms with Crippen molar-refractivity contribution in [2.45, 2.75) is 69.2 Å². The summed E-state index contributed by atoms with van der Waals surface area (Å²) in [7, 11) is -0.977. The first-order valence-electron chi connectivity index (χ1n) is 22.1. The number of aryl methyl sites for hydroxylation is 1. The monoisotopic (exact) mass is 923 g/mol. The number of carbonyl (C=O) groups is 2. The van der Waals surface area contributed by atoms with Crippen LogP contribution in [0.15, 0.2) is 53.6 Å². The number of hydrogen-bond acceptors (Lipinski definition) is 12. The van der Waals surface area contributed by atoms with Crippen LogP contribution in [0, 0.1) is 33.8 Å². The molecule has 2 aromatic heterocycles. The van der Waals surface area contributed by atoms with Gasteiger partial charge in [0.1, 0.15) is 23.2 Å². The van der Waals surface area contributed by atoms with E-state index < -0.39 is 40.0 Å². The molecule has 6 heterocycles. The summed E-state index contributed by atoms with van der Waals surface area (Å²) in [5.74, 6) is -1.53. The maximum absolute atomic E-state index is 15.7. The van der Waals surface area contributed by atoms with Crippen LogP contribution in [0.4, 0.5) is 25.1 Å². The molecule has 3 amide bonds. The van der Waals surface area contributed by atoms with Crippen molar-refractivity contribution in [2.24, 2.45) is 23.0 Å². The number of nitriles is 1. The highest BCUT2D eigenvalue weighted by Gasteiger charge is 2.56. The van der Waals surface area contributed by atoms with Crippen LogP contribution in [0.25, 0.3) is 21.8 Å². The summed E-state index contributed by atoms with van der Waals surface area (Å²) in [4.78, 5) is 48.8. The summed E-state index contributed by atoms with van der Waals surface area (Å²) in [6.07, 6.45) is 7.03. The number of anilines is 2. The Balaban J connectivity index is 0.708. The number of nitrogens with one attached hydrogen (secondary N) is 1. The zero-order chi connectivity index (χ0) is 46.0. The number of benzene rings is 3. The Morgan fingerprint density at radius 2 is 1.68 bits per heavy atom. The van der Waals surface area contributed by atoms with Crippen LogP contribution in [0.5, 0.6) is 11.5 Å². The number of imide groups is 1. The van der Waals surface area contributed by atoms with Crippen molar-refractivity contribution >= 4 is 55.5 Å². The lowest BCUT2D eigenvalue weighted by Gasteiger charge is -2.63. The predicted octanol–water partition coefficient (Wildman–Crippen LogP) is 4.33. The van der Waals surface area contributed by atoms with E-state index in [9.17, 15) is 28.1 Å². The average Bonchev–Trinajstić information content (AvgIpc) is 3.54. The Morgan fingerprint density at radius 1 is 0.939 bits per heavy atom. The van der Waals surface area contributed by atoms with Crippen LogP contribution in [0.1, 0.15) is 68.2 Å². The standard InChI is InChI=1S/C45H47F2N11O7S/c1-53-35-15-36(33(47)14-30(35)41(52-53)56-10-7-38(59)51-43(56)61)55-22-45(23-55)16-25(17-45)54-11-8-44(9-12-54)18-26(19-44)57-24-50-34-6-3-27(13-29(34)42(57)60)65-40-31(20-48)28(4-5-32(40)46)39-37(64-2)21-58(39)66(49,62)63/h3-6,13-15,24-26,37,39H,7-12,16-19,21-23H2,1-2H3,(H2,49,62,63)(H,51,59,61). The van der Waals surface area contributed by atoms with E-state index in [1.165, 1.54) is 36.3 Å². The maximum atomic E-state index is 15.7. The molecule has 18 nitrogen and oxygen atoms in total. The Morgan fingerprint density at radius 3 is 2.38 bits per heavy atom. The number of likely N-dealkylation sites (tertiary alicyclic amines) is 1. The number of urea groups is 1. The molecule has 3 aromatic carbocycles. The Hall–Kier alpha value is -6.05. The number of nitrogens with two attached hydrogens (primary N) is 1. The molecular formula is C45H47F2N11O7S. The largest absolute Gasteiger partial charge is 0.453 e. The Labute approximate surface area is 377 Å². The number of carbonyl (C=O) groups excluding carboxylic acids is 2. The molecule has 3 N–H and O–H groups in total. The SMILES string of the molecule is COC1CN(S(N)(=O)=O)C1c1ccc(F)c(Oc2ccc3ncn(C4CC5(CCN(C6CC7(C6)CN(c6cc8c(cc6F)c(N6CCC(=O)NC6=O)nn8C)C7)CC5)C4)c(=O)c3c2)c1C#N. The number of amides is 3. The van der Waals surface area contributed by atoms with E-state index in [4.69, 9.17) is 14.6 Å². The summed E-state index contributed by atoms with van der Waals surface area (Å²) in [6.45, 7) is 3.67. The quantitative estimate of drug-likeness (QED) is 0.211. The van der Waals surface area contributed by atoms with Gasteiger partial charge in [0, 0.05) is 69.6 Å². The molecule has 6 fully saturated rings. The highest BCUT2D eigenvalue weighted by atomic mass is 32.2. The Kier molecular flexibility index (Phi) is 9.84. The van der Waals surface area contributed by atoms with Gasteiger partial charge in [0.15, 0.2) is 17.4 Å². The average molecular weight is 924 g/mol. The molecule has 0 radical (unpaired) electrons. The zero-order valence-electron chi connectivity index (χ0n) is 36.2. The number of hydrogen-bond donors (Lipinski definition) is 2. The molecule has 66 heavy (non-hydrogen) atoms. The minimum absolute atomic E-state index is 0.0248. The molecule has 6 aliphatic rings. The number of rotatable bonds is 9. The van der Waals surface area contributed by atoms with Gasteiger partial charge in [-0.2, -0.15) is 23.1 Å². The van der Waals surface area contributed by atoms with Crippen molar-refractivity contribution in [1.82, 2.24) is 33.9 Å². The molecule has 0 bridgehead atoms. The van der Waals surface area contributed by atoms with Gasteiger partial charge in [0.2, 0.25) is 5.91 Å². The van der Waals surface area contributed by atoms with Crippen molar-refractivity contribution in [3.63, 3.8) is 0 Å². The molecule has 4 saturated heterocycles. The van der Waals surface area contributed by atoms with E-state index in [2.05, 4.69) is 25.2 Å². The van der Waals surface area contributed by atoms with E-state index in [-0.39, 0.29) is 75.9 Å². The minimum Gasteiger partial charge on any atom is -0.453 e. The molecule has 2 spiro atoms. The Bertz CT molecular complexity index is 3090. The molecule has 4 aliphatic heterocycles. The smallest absolute Gasteiger partial charge is 0.329 e. The summed E-state index contributed by atoms with van der Waals surface area (Å²) in [6, 6.07) is 11.2. The summed E-state index contributed by atoms with van der Waals surface area (Å²) < 4.78 is 71.2. The fraction of sp³-hybridized carbons (Fsp3) is 0.467. The molecule has 11 rings (SSSR count). The fourth-order valence-electron chi connectivity index (χ4n) is 11.6. The number of methoxy groups -OCH3 is 1. The highest BCUT2D eigenvalue weighted by Crippen LogP contribution is 2.57. The number of halogens is 2. The molecular weight excluding hydrogens is 877 g/mol. The van der Waals surface area contributed by atoms with Crippen LogP contribution >= 0.6 is 0 Å². The molecule has 2 aliphatic carbocycles. The third-order valence-electron chi connectivity index (χ3n) is 15.2. The van der Waals surface area contributed by atoms with Gasteiger partial charge in [-0.1, -0.05) is 6.07 Å². The second kappa shape index (κ2) is 15.2. The van der Waals surface area contributed by atoms with Gasteiger partial charge in [-0.15, -0.1) is 0 Å². The highest BCUT2D eigenvalue weighted by molar-refractivity contribution is 7.86. The van der Waals surface area contributed by atoms with Gasteiger partial charge < -0.3 is 19.3 Å². The summed E-state index contributed by atoms with van der Waals surface area (Å²) in [5.41, 5.74) is 1.69. The van der Waals surface area contributed by atoms with Gasteiger partial charge in [0.05, 0.1) is 40.6 Å². The number of ether oxygens (including phenoxy) is 2. The zero-order valence-corrected chi connectivity index (χ0v) is 37.1. The third-order valence-corrected chi connectivity index (χ3v) is 16.3. The van der Waals surface area contributed by atoms with E-state index >= 15 is 8.78 Å². The second-order valence-corrected chi connectivity index (χ2v) is 20.6. The van der Waals surface area contributed by atoms with E-state index in [0.717, 1.165) is 75.1 Å². The first kappa shape index (κ1) is 42.6. The van der Waals surface area contributed by atoms with Gasteiger partial charge in [-0.3, -0.25) is 29.1 Å². The molecule has 2 unspecified atom stereocenters. The van der Waals surface area contributed by atoms with Crippen molar-refractivity contribution in [3.8, 4) is 17.6 Å². The van der Waals surface area contributed by atoms with Crippen molar-refractivity contribution in [1.29, 1.82) is 5.26 Å². The lowest BCUT2D eigenvalue weighted by molar-refractivity contribution is -0.120. The van der Waals surface area contributed by atoms with E-state index in [0.29, 0.717) is 34.0 Å². The summed E-state index contributed by atoms with van der Waals surface area (Å²) >= 11 is 0. The molecule has 21 heteroatoms. The fourth-order valence-corrected chi connectivity index (χ4v) is 12.5. The van der Waals surface area contributed by atoms with Crippen molar-refractivity contribution in [2.75, 3.05) is 56.2 Å². The maximum Gasteiger partial charge on any atom is 0.329 e. The van der Waals surface area contributed by atoms with Crippen molar-refractivity contribution < 1.29 is 36.3 Å². The number of nitrogens with zero attached hydrogens (tertiary/aromatic N) is 9. The number of piperidine rings is 1. The first-order valence-corrected chi connectivity index (χ1v) is 23.6. The first-order chi connectivity index (χ1) is 31.6. The molecule has 344 valence electrons. The molecule has 5 aromatic rings. The molecule has 2 atom stereocenters.